The second-order valence-corrected chi connectivity index (χ2v) is 5.44. The van der Waals surface area contributed by atoms with Gasteiger partial charge in [-0.3, -0.25) is 0 Å². The van der Waals surface area contributed by atoms with Gasteiger partial charge in [0.25, 0.3) is 0 Å². The number of nitrogens with zero attached hydrogens (tertiary/aromatic N) is 1. The number of benzene rings is 2. The third-order valence-electron chi connectivity index (χ3n) is 2.98. The van der Waals surface area contributed by atoms with Gasteiger partial charge in [0.05, 0.1) is 0 Å². The zero-order valence-electron chi connectivity index (χ0n) is 10.7. The van der Waals surface area contributed by atoms with Gasteiger partial charge in [-0.2, -0.15) is 0 Å². The molecule has 18 heavy (non-hydrogen) atoms. The maximum atomic E-state index is 5.85. The van der Waals surface area contributed by atoms with Crippen molar-refractivity contribution in [1.29, 1.82) is 0 Å². The molecule has 0 aromatic heterocycles. The van der Waals surface area contributed by atoms with E-state index in [-0.39, 0.29) is 0 Å². The van der Waals surface area contributed by atoms with Gasteiger partial charge in [-0.15, -0.1) is 0 Å². The van der Waals surface area contributed by atoms with Gasteiger partial charge in [-0.1, -0.05) is 34.1 Å². The van der Waals surface area contributed by atoms with Crippen LogP contribution in [0.4, 0.5) is 11.4 Å². The molecule has 2 rings (SSSR count). The van der Waals surface area contributed by atoms with Crippen molar-refractivity contribution in [2.75, 3.05) is 17.7 Å². The molecule has 0 unspecified atom stereocenters. The first kappa shape index (κ1) is 13.0. The van der Waals surface area contributed by atoms with E-state index in [1.807, 2.05) is 12.1 Å². The third-order valence-corrected chi connectivity index (χ3v) is 3.51. The van der Waals surface area contributed by atoms with E-state index in [4.69, 9.17) is 5.73 Å². The topological polar surface area (TPSA) is 29.3 Å². The predicted molar refractivity (Wildman–Crippen MR) is 81.8 cm³/mol. The molecule has 0 atom stereocenters. The number of anilines is 2. The van der Waals surface area contributed by atoms with Gasteiger partial charge < -0.3 is 10.6 Å². The van der Waals surface area contributed by atoms with Crippen LogP contribution < -0.4 is 10.6 Å². The maximum absolute atomic E-state index is 5.85. The Bertz CT molecular complexity index is 535. The summed E-state index contributed by atoms with van der Waals surface area (Å²) in [7, 11) is 2.09. The minimum absolute atomic E-state index is 0.804. The van der Waals surface area contributed by atoms with Crippen LogP contribution in [0, 0.1) is 6.92 Å². The molecule has 0 saturated carbocycles. The molecule has 0 spiro atoms. The Labute approximate surface area is 117 Å². The first-order chi connectivity index (χ1) is 8.56. The summed E-state index contributed by atoms with van der Waals surface area (Å²) in [5.41, 5.74) is 10.3. The van der Waals surface area contributed by atoms with E-state index < -0.39 is 0 Å². The molecular weight excluding hydrogens is 288 g/mol. The van der Waals surface area contributed by atoms with Crippen LogP contribution in [0.1, 0.15) is 11.1 Å². The quantitative estimate of drug-likeness (QED) is 0.869. The van der Waals surface area contributed by atoms with Crippen LogP contribution in [0.25, 0.3) is 0 Å². The lowest BCUT2D eigenvalue weighted by molar-refractivity contribution is 0.917. The summed E-state index contributed by atoms with van der Waals surface area (Å²) in [5.74, 6) is 0. The molecule has 0 bridgehead atoms. The lowest BCUT2D eigenvalue weighted by Crippen LogP contribution is -2.17. The monoisotopic (exact) mass is 304 g/mol. The zero-order valence-corrected chi connectivity index (χ0v) is 12.2. The first-order valence-corrected chi connectivity index (χ1v) is 6.67. The van der Waals surface area contributed by atoms with E-state index in [2.05, 4.69) is 65.1 Å². The molecule has 0 heterocycles. The van der Waals surface area contributed by atoms with Crippen molar-refractivity contribution in [1.82, 2.24) is 0 Å². The normalized spacial score (nSPS) is 10.4. The van der Waals surface area contributed by atoms with Crippen LogP contribution >= 0.6 is 15.9 Å². The average Bonchev–Trinajstić information content (AvgIpc) is 2.35. The Morgan fingerprint density at radius 2 is 1.78 bits per heavy atom. The SMILES string of the molecule is Cc1ccc(N)cc1N(C)Cc1ccc(Br)cc1. The van der Waals surface area contributed by atoms with E-state index in [0.717, 1.165) is 16.7 Å². The summed E-state index contributed by atoms with van der Waals surface area (Å²) >= 11 is 3.45. The predicted octanol–water partition coefficient (Wildman–Crippen LogP) is 3.98. The summed E-state index contributed by atoms with van der Waals surface area (Å²) in [6.45, 7) is 2.98. The van der Waals surface area contributed by atoms with E-state index in [1.165, 1.54) is 16.8 Å². The number of halogens is 1. The van der Waals surface area contributed by atoms with Gasteiger partial charge in [-0.25, -0.2) is 0 Å². The van der Waals surface area contributed by atoms with Crippen LogP contribution in [0.2, 0.25) is 0 Å². The minimum Gasteiger partial charge on any atom is -0.399 e. The summed E-state index contributed by atoms with van der Waals surface area (Å²) in [6.07, 6.45) is 0. The van der Waals surface area contributed by atoms with E-state index in [9.17, 15) is 0 Å². The molecule has 3 heteroatoms. The van der Waals surface area contributed by atoms with Crippen molar-refractivity contribution in [3.63, 3.8) is 0 Å². The van der Waals surface area contributed by atoms with Crippen LogP contribution in [-0.2, 0) is 6.54 Å². The third kappa shape index (κ3) is 3.05. The highest BCUT2D eigenvalue weighted by molar-refractivity contribution is 9.10. The van der Waals surface area contributed by atoms with Gasteiger partial charge in [0.1, 0.15) is 0 Å². The lowest BCUT2D eigenvalue weighted by atomic mass is 10.1. The van der Waals surface area contributed by atoms with Gasteiger partial charge in [0, 0.05) is 29.4 Å². The summed E-state index contributed by atoms with van der Waals surface area (Å²) in [6, 6.07) is 14.4. The molecule has 0 radical (unpaired) electrons. The molecule has 0 aliphatic carbocycles. The van der Waals surface area contributed by atoms with E-state index in [0.29, 0.717) is 0 Å². The van der Waals surface area contributed by atoms with Crippen LogP contribution in [-0.4, -0.2) is 7.05 Å². The lowest BCUT2D eigenvalue weighted by Gasteiger charge is -2.22. The van der Waals surface area contributed by atoms with Crippen molar-refractivity contribution in [3.05, 3.63) is 58.1 Å². The summed E-state index contributed by atoms with van der Waals surface area (Å²) in [4.78, 5) is 2.22. The number of aryl methyl sites for hydroxylation is 1. The summed E-state index contributed by atoms with van der Waals surface area (Å²) in [5, 5.41) is 0. The largest absolute Gasteiger partial charge is 0.399 e. The fraction of sp³-hybridized carbons (Fsp3) is 0.200. The van der Waals surface area contributed by atoms with Crippen LogP contribution in [0.5, 0.6) is 0 Å². The Morgan fingerprint density at radius 1 is 1.11 bits per heavy atom. The van der Waals surface area contributed by atoms with Crippen molar-refractivity contribution in [2.24, 2.45) is 0 Å². The number of nitrogens with two attached hydrogens (primary N) is 1. The molecule has 2 N–H and O–H groups in total. The van der Waals surface area contributed by atoms with Crippen molar-refractivity contribution < 1.29 is 0 Å². The van der Waals surface area contributed by atoms with Gasteiger partial charge >= 0.3 is 0 Å². The molecule has 0 amide bonds. The van der Waals surface area contributed by atoms with E-state index in [1.54, 1.807) is 0 Å². The molecule has 2 nitrogen and oxygen atoms in total. The van der Waals surface area contributed by atoms with Crippen molar-refractivity contribution in [3.8, 4) is 0 Å². The second kappa shape index (κ2) is 5.44. The van der Waals surface area contributed by atoms with Gasteiger partial charge in [0.15, 0.2) is 0 Å². The average molecular weight is 305 g/mol. The first-order valence-electron chi connectivity index (χ1n) is 5.88. The van der Waals surface area contributed by atoms with Crippen LogP contribution in [0.15, 0.2) is 46.9 Å². The molecular formula is C15H17BrN2. The molecule has 0 saturated heterocycles. The standard InChI is InChI=1S/C15H17BrN2/c1-11-3-8-14(17)9-15(11)18(2)10-12-4-6-13(16)7-5-12/h3-9H,10,17H2,1-2H3. The Kier molecular flexibility index (Phi) is 3.92. The van der Waals surface area contributed by atoms with Gasteiger partial charge in [0.2, 0.25) is 0 Å². The zero-order chi connectivity index (χ0) is 13.1. The minimum atomic E-state index is 0.804. The fourth-order valence-electron chi connectivity index (χ4n) is 1.99. The molecule has 0 fully saturated rings. The fourth-order valence-corrected chi connectivity index (χ4v) is 2.25. The smallest absolute Gasteiger partial charge is 0.0426 e. The highest BCUT2D eigenvalue weighted by Crippen LogP contribution is 2.23. The second-order valence-electron chi connectivity index (χ2n) is 4.53. The molecule has 2 aromatic rings. The number of hydrogen-bond donors (Lipinski definition) is 1. The Morgan fingerprint density at radius 3 is 2.44 bits per heavy atom. The van der Waals surface area contributed by atoms with Crippen molar-refractivity contribution >= 4 is 27.3 Å². The Hall–Kier alpha value is -1.48. The highest BCUT2D eigenvalue weighted by atomic mass is 79.9. The van der Waals surface area contributed by atoms with Crippen molar-refractivity contribution in [2.45, 2.75) is 13.5 Å². The summed E-state index contributed by atoms with van der Waals surface area (Å²) < 4.78 is 1.11. The number of rotatable bonds is 3. The molecule has 0 aliphatic heterocycles. The molecule has 2 aromatic carbocycles. The highest BCUT2D eigenvalue weighted by Gasteiger charge is 2.05. The Balaban J connectivity index is 2.18. The molecule has 94 valence electrons. The maximum Gasteiger partial charge on any atom is 0.0426 e. The number of hydrogen-bond acceptors (Lipinski definition) is 2. The number of nitrogen functional groups attached to an aromatic ring is 1. The van der Waals surface area contributed by atoms with Gasteiger partial charge in [-0.05, 0) is 42.3 Å². The molecule has 0 aliphatic rings. The van der Waals surface area contributed by atoms with Crippen LogP contribution in [0.3, 0.4) is 0 Å². The van der Waals surface area contributed by atoms with E-state index >= 15 is 0 Å².